The molecule has 1 fully saturated rings. The quantitative estimate of drug-likeness (QED) is 0.436. The summed E-state index contributed by atoms with van der Waals surface area (Å²) >= 11 is 4.70. The van der Waals surface area contributed by atoms with Crippen LogP contribution in [0.2, 0.25) is 0 Å². The third-order valence-electron chi connectivity index (χ3n) is 4.76. The summed E-state index contributed by atoms with van der Waals surface area (Å²) in [6, 6.07) is 0. The van der Waals surface area contributed by atoms with Crippen molar-refractivity contribution in [2.75, 3.05) is 12.8 Å². The van der Waals surface area contributed by atoms with Crippen molar-refractivity contribution in [3.8, 4) is 0 Å². The molecule has 1 aromatic rings. The first kappa shape index (κ1) is 21.5. The standard InChI is InChI=1S/C17H26INO3S3/c1-10(2)25(21,22)15-13(18)14(24-17(15)23-4)16(20)19-9-12-7-5-11(3)6-8-12/h10-12H,5-9H2,1-4H3,(H,19,20). The number of nitrogens with one attached hydrogen (secondary N) is 1. The average molecular weight is 516 g/mol. The Kier molecular flexibility index (Phi) is 7.68. The Morgan fingerprint density at radius 1 is 1.32 bits per heavy atom. The van der Waals surface area contributed by atoms with Gasteiger partial charge in [-0.25, -0.2) is 8.42 Å². The fourth-order valence-corrected chi connectivity index (χ4v) is 8.92. The normalized spacial score (nSPS) is 21.5. The molecular weight excluding hydrogens is 489 g/mol. The SMILES string of the molecule is CSc1sc(C(=O)NCC2CCC(C)CC2)c(I)c1S(=O)(=O)C(C)C. The van der Waals surface area contributed by atoms with Gasteiger partial charge in [0.2, 0.25) is 0 Å². The maximum absolute atomic E-state index is 12.7. The number of thiophene rings is 1. The maximum Gasteiger partial charge on any atom is 0.262 e. The Bertz CT molecular complexity index is 720. The summed E-state index contributed by atoms with van der Waals surface area (Å²) in [7, 11) is -3.40. The van der Waals surface area contributed by atoms with Crippen LogP contribution in [0.25, 0.3) is 0 Å². The molecule has 2 rings (SSSR count). The lowest BCUT2D eigenvalue weighted by Gasteiger charge is -2.26. The first-order valence-corrected chi connectivity index (χ1v) is 13.2. The first-order chi connectivity index (χ1) is 11.7. The lowest BCUT2D eigenvalue weighted by atomic mass is 9.83. The average Bonchev–Trinajstić information content (AvgIpc) is 2.91. The summed E-state index contributed by atoms with van der Waals surface area (Å²) in [4.78, 5) is 13.5. The molecule has 0 atom stereocenters. The Labute approximate surface area is 173 Å². The second kappa shape index (κ2) is 8.93. The van der Waals surface area contributed by atoms with E-state index < -0.39 is 15.1 Å². The van der Waals surface area contributed by atoms with Gasteiger partial charge in [-0.3, -0.25) is 4.79 Å². The van der Waals surface area contributed by atoms with Gasteiger partial charge in [0.05, 0.1) is 13.0 Å². The van der Waals surface area contributed by atoms with Crippen molar-refractivity contribution in [1.29, 1.82) is 0 Å². The van der Waals surface area contributed by atoms with E-state index in [0.717, 1.165) is 18.8 Å². The second-order valence-corrected chi connectivity index (χ2v) is 12.6. The van der Waals surface area contributed by atoms with Crippen molar-refractivity contribution in [1.82, 2.24) is 5.32 Å². The molecule has 1 heterocycles. The number of hydrogen-bond acceptors (Lipinski definition) is 5. The van der Waals surface area contributed by atoms with Gasteiger partial charge in [0.25, 0.3) is 5.91 Å². The molecule has 0 aliphatic heterocycles. The zero-order valence-electron chi connectivity index (χ0n) is 15.1. The molecular formula is C17H26INO3S3. The molecule has 0 radical (unpaired) electrons. The van der Waals surface area contributed by atoms with Crippen molar-refractivity contribution < 1.29 is 13.2 Å². The minimum Gasteiger partial charge on any atom is -0.351 e. The van der Waals surface area contributed by atoms with Crippen LogP contribution in [0, 0.1) is 15.4 Å². The number of amides is 1. The molecule has 0 spiro atoms. The topological polar surface area (TPSA) is 63.2 Å². The highest BCUT2D eigenvalue weighted by molar-refractivity contribution is 14.1. The van der Waals surface area contributed by atoms with Crippen molar-refractivity contribution in [3.05, 3.63) is 8.45 Å². The summed E-state index contributed by atoms with van der Waals surface area (Å²) in [5.41, 5.74) is 0. The molecule has 1 aliphatic carbocycles. The minimum absolute atomic E-state index is 0.145. The number of rotatable bonds is 6. The molecule has 8 heteroatoms. The van der Waals surface area contributed by atoms with Gasteiger partial charge in [0, 0.05) is 6.54 Å². The monoisotopic (exact) mass is 515 g/mol. The smallest absolute Gasteiger partial charge is 0.262 e. The zero-order valence-corrected chi connectivity index (χ0v) is 19.7. The van der Waals surface area contributed by atoms with Gasteiger partial charge in [-0.1, -0.05) is 19.8 Å². The van der Waals surface area contributed by atoms with E-state index in [2.05, 4.69) is 12.2 Å². The van der Waals surface area contributed by atoms with Crippen LogP contribution in [0.4, 0.5) is 0 Å². The van der Waals surface area contributed by atoms with E-state index in [1.54, 1.807) is 13.8 Å². The number of carbonyl (C=O) groups is 1. The van der Waals surface area contributed by atoms with Gasteiger partial charge in [0.1, 0.15) is 9.77 Å². The van der Waals surface area contributed by atoms with E-state index in [9.17, 15) is 13.2 Å². The molecule has 1 saturated carbocycles. The van der Waals surface area contributed by atoms with Crippen LogP contribution in [0.3, 0.4) is 0 Å². The Hall–Kier alpha value is 0.200. The highest BCUT2D eigenvalue weighted by atomic mass is 127. The Morgan fingerprint density at radius 2 is 1.92 bits per heavy atom. The summed E-state index contributed by atoms with van der Waals surface area (Å²) in [5.74, 6) is 1.18. The van der Waals surface area contributed by atoms with Gasteiger partial charge < -0.3 is 5.32 Å². The lowest BCUT2D eigenvalue weighted by molar-refractivity contribution is 0.0945. The van der Waals surface area contributed by atoms with Gasteiger partial charge in [-0.2, -0.15) is 0 Å². The van der Waals surface area contributed by atoms with E-state index in [4.69, 9.17) is 0 Å². The second-order valence-electron chi connectivity index (χ2n) is 7.00. The van der Waals surface area contributed by atoms with Crippen molar-refractivity contribution >= 4 is 61.4 Å². The molecule has 1 aliphatic rings. The van der Waals surface area contributed by atoms with Gasteiger partial charge in [-0.15, -0.1) is 23.1 Å². The molecule has 1 aromatic heterocycles. The number of halogens is 1. The van der Waals surface area contributed by atoms with Crippen molar-refractivity contribution in [2.24, 2.45) is 11.8 Å². The highest BCUT2D eigenvalue weighted by Gasteiger charge is 2.31. The number of sulfone groups is 1. The third-order valence-corrected chi connectivity index (χ3v) is 11.4. The predicted octanol–water partition coefficient (Wildman–Crippen LogP) is 4.81. The Morgan fingerprint density at radius 3 is 2.44 bits per heavy atom. The largest absolute Gasteiger partial charge is 0.351 e. The highest BCUT2D eigenvalue weighted by Crippen LogP contribution is 2.40. The number of thioether (sulfide) groups is 1. The molecule has 0 saturated heterocycles. The van der Waals surface area contributed by atoms with Gasteiger partial charge in [0.15, 0.2) is 9.84 Å². The zero-order chi connectivity index (χ0) is 18.8. The molecule has 0 unspecified atom stereocenters. The maximum atomic E-state index is 12.7. The summed E-state index contributed by atoms with van der Waals surface area (Å²) in [5, 5.41) is 2.53. The Balaban J connectivity index is 2.16. The third kappa shape index (κ3) is 4.93. The van der Waals surface area contributed by atoms with Crippen molar-refractivity contribution in [3.63, 3.8) is 0 Å². The predicted molar refractivity (Wildman–Crippen MR) is 115 cm³/mol. The summed E-state index contributed by atoms with van der Waals surface area (Å²) in [6.07, 6.45) is 6.62. The molecule has 25 heavy (non-hydrogen) atoms. The number of carbonyl (C=O) groups excluding carboxylic acids is 1. The van der Waals surface area contributed by atoms with Crippen LogP contribution in [0.1, 0.15) is 56.1 Å². The van der Waals surface area contributed by atoms with Crippen LogP contribution in [0.15, 0.2) is 9.10 Å². The van der Waals surface area contributed by atoms with E-state index in [-0.39, 0.29) is 5.91 Å². The van der Waals surface area contributed by atoms with E-state index in [1.807, 2.05) is 28.8 Å². The summed E-state index contributed by atoms with van der Waals surface area (Å²) < 4.78 is 26.6. The van der Waals surface area contributed by atoms with Crippen LogP contribution < -0.4 is 5.32 Å². The molecule has 0 bridgehead atoms. The lowest BCUT2D eigenvalue weighted by Crippen LogP contribution is -2.31. The number of hydrogen-bond donors (Lipinski definition) is 1. The van der Waals surface area contributed by atoms with Gasteiger partial charge >= 0.3 is 0 Å². The van der Waals surface area contributed by atoms with Crippen LogP contribution in [-0.2, 0) is 9.84 Å². The van der Waals surface area contributed by atoms with E-state index in [0.29, 0.717) is 30.0 Å². The fraction of sp³-hybridized carbons (Fsp3) is 0.706. The minimum atomic E-state index is -3.40. The van der Waals surface area contributed by atoms with E-state index in [1.165, 1.54) is 35.9 Å². The molecule has 1 N–H and O–H groups in total. The van der Waals surface area contributed by atoms with Crippen LogP contribution in [0.5, 0.6) is 0 Å². The van der Waals surface area contributed by atoms with Crippen LogP contribution >= 0.6 is 45.7 Å². The molecule has 1 amide bonds. The summed E-state index contributed by atoms with van der Waals surface area (Å²) in [6.45, 7) is 6.32. The van der Waals surface area contributed by atoms with E-state index >= 15 is 0 Å². The molecule has 4 nitrogen and oxygen atoms in total. The molecule has 0 aromatic carbocycles. The van der Waals surface area contributed by atoms with Crippen LogP contribution in [-0.4, -0.2) is 32.4 Å². The van der Waals surface area contributed by atoms with Crippen molar-refractivity contribution in [2.45, 2.75) is 60.8 Å². The first-order valence-electron chi connectivity index (χ1n) is 8.56. The fourth-order valence-electron chi connectivity index (χ4n) is 2.98. The van der Waals surface area contributed by atoms with Gasteiger partial charge in [-0.05, 0) is 67.4 Å². The molecule has 142 valence electrons.